The molecule has 0 bridgehead atoms. The van der Waals surface area contributed by atoms with Gasteiger partial charge in [-0.25, -0.2) is 4.39 Å². The average Bonchev–Trinajstić information content (AvgIpc) is 2.78. The fourth-order valence-corrected chi connectivity index (χ4v) is 3.42. The van der Waals surface area contributed by atoms with E-state index in [-0.39, 0.29) is 12.4 Å². The highest BCUT2D eigenvalue weighted by Crippen LogP contribution is 2.45. The zero-order chi connectivity index (χ0) is 22.4. The Balaban J connectivity index is 2.08. The predicted octanol–water partition coefficient (Wildman–Crippen LogP) is 6.01. The van der Waals surface area contributed by atoms with Gasteiger partial charge in [-0.15, -0.1) is 0 Å². The monoisotopic (exact) mass is 422 g/mol. The van der Waals surface area contributed by atoms with Gasteiger partial charge in [-0.05, 0) is 61.4 Å². The van der Waals surface area contributed by atoms with Crippen molar-refractivity contribution in [3.63, 3.8) is 0 Å². The first-order chi connectivity index (χ1) is 15.0. The van der Waals surface area contributed by atoms with E-state index in [4.69, 9.17) is 14.2 Å². The van der Waals surface area contributed by atoms with Gasteiger partial charge in [-0.2, -0.15) is 0 Å². The van der Waals surface area contributed by atoms with Gasteiger partial charge in [0, 0.05) is 16.7 Å². The van der Waals surface area contributed by atoms with Crippen molar-refractivity contribution in [2.75, 3.05) is 20.8 Å². The summed E-state index contributed by atoms with van der Waals surface area (Å²) in [6.07, 6.45) is 2.01. The standard InChI is InChI=1S/C26H27FO4/c1-17(2)13-14-31-21-11-7-19(8-12-21)25-23(16-28)26(30-4)22(15-24(25)29-3)18-5-9-20(27)10-6-18/h5-13,15,28H,14,16H2,1-4H3. The molecular formula is C26H27FO4. The molecule has 162 valence electrons. The molecule has 0 aliphatic heterocycles. The highest BCUT2D eigenvalue weighted by atomic mass is 19.1. The second-order valence-corrected chi connectivity index (χ2v) is 7.30. The summed E-state index contributed by atoms with van der Waals surface area (Å²) in [5.74, 6) is 1.54. The quantitative estimate of drug-likeness (QED) is 0.451. The summed E-state index contributed by atoms with van der Waals surface area (Å²) in [6, 6.07) is 15.6. The molecule has 1 N–H and O–H groups in total. The van der Waals surface area contributed by atoms with Crippen molar-refractivity contribution in [1.29, 1.82) is 0 Å². The van der Waals surface area contributed by atoms with Crippen molar-refractivity contribution >= 4 is 0 Å². The molecule has 0 saturated heterocycles. The van der Waals surface area contributed by atoms with E-state index < -0.39 is 0 Å². The minimum absolute atomic E-state index is 0.247. The minimum Gasteiger partial charge on any atom is -0.496 e. The number of aliphatic hydroxyl groups is 1. The summed E-state index contributed by atoms with van der Waals surface area (Å²) >= 11 is 0. The number of aliphatic hydroxyl groups excluding tert-OH is 1. The number of ether oxygens (including phenoxy) is 3. The summed E-state index contributed by atoms with van der Waals surface area (Å²) in [5.41, 5.74) is 4.87. The van der Waals surface area contributed by atoms with E-state index in [9.17, 15) is 9.50 Å². The Hall–Kier alpha value is -3.31. The topological polar surface area (TPSA) is 47.9 Å². The van der Waals surface area contributed by atoms with E-state index in [0.717, 1.165) is 22.4 Å². The van der Waals surface area contributed by atoms with E-state index in [1.807, 2.05) is 50.3 Å². The first-order valence-corrected chi connectivity index (χ1v) is 9.99. The normalized spacial score (nSPS) is 10.5. The molecule has 3 aromatic rings. The highest BCUT2D eigenvalue weighted by Gasteiger charge is 2.21. The van der Waals surface area contributed by atoms with Crippen LogP contribution in [-0.2, 0) is 6.61 Å². The lowest BCUT2D eigenvalue weighted by Gasteiger charge is -2.20. The van der Waals surface area contributed by atoms with Gasteiger partial charge in [0.15, 0.2) is 0 Å². The zero-order valence-corrected chi connectivity index (χ0v) is 18.2. The Morgan fingerprint density at radius 2 is 1.58 bits per heavy atom. The van der Waals surface area contributed by atoms with Gasteiger partial charge in [-0.3, -0.25) is 0 Å². The van der Waals surface area contributed by atoms with Gasteiger partial charge in [0.1, 0.15) is 29.7 Å². The Kier molecular flexibility index (Phi) is 7.32. The summed E-state index contributed by atoms with van der Waals surface area (Å²) in [7, 11) is 3.13. The largest absolute Gasteiger partial charge is 0.496 e. The molecule has 5 heteroatoms. The summed E-state index contributed by atoms with van der Waals surface area (Å²) < 4.78 is 30.5. The van der Waals surface area contributed by atoms with E-state index in [2.05, 4.69) is 0 Å². The Morgan fingerprint density at radius 3 is 2.13 bits per heavy atom. The van der Waals surface area contributed by atoms with Gasteiger partial charge in [0.05, 0.1) is 20.8 Å². The van der Waals surface area contributed by atoms with Crippen LogP contribution in [0.15, 0.2) is 66.2 Å². The Bertz CT molecular complexity index is 1050. The number of allylic oxidation sites excluding steroid dienone is 1. The van der Waals surface area contributed by atoms with Crippen molar-refractivity contribution in [3.8, 4) is 39.5 Å². The fourth-order valence-electron chi connectivity index (χ4n) is 3.42. The molecule has 0 atom stereocenters. The molecule has 3 rings (SSSR count). The molecule has 0 fully saturated rings. The second kappa shape index (κ2) is 10.1. The second-order valence-electron chi connectivity index (χ2n) is 7.30. The molecule has 0 aromatic heterocycles. The van der Waals surface area contributed by atoms with Crippen molar-refractivity contribution in [2.24, 2.45) is 0 Å². The molecule has 3 aromatic carbocycles. The SMILES string of the molecule is COc1cc(-c2ccc(F)cc2)c(OC)c(CO)c1-c1ccc(OCC=C(C)C)cc1. The van der Waals surface area contributed by atoms with Gasteiger partial charge in [-0.1, -0.05) is 29.8 Å². The van der Waals surface area contributed by atoms with E-state index in [0.29, 0.717) is 29.2 Å². The van der Waals surface area contributed by atoms with Crippen molar-refractivity contribution < 1.29 is 23.7 Å². The van der Waals surface area contributed by atoms with Gasteiger partial charge >= 0.3 is 0 Å². The molecule has 0 radical (unpaired) electrons. The highest BCUT2D eigenvalue weighted by molar-refractivity contribution is 5.85. The van der Waals surface area contributed by atoms with E-state index in [1.54, 1.807) is 26.4 Å². The van der Waals surface area contributed by atoms with Crippen LogP contribution in [0.2, 0.25) is 0 Å². The number of rotatable bonds is 8. The summed E-state index contributed by atoms with van der Waals surface area (Å²) in [5, 5.41) is 10.2. The van der Waals surface area contributed by atoms with Crippen LogP contribution in [0.4, 0.5) is 4.39 Å². The number of hydrogen-bond donors (Lipinski definition) is 1. The molecule has 0 aliphatic rings. The zero-order valence-electron chi connectivity index (χ0n) is 18.2. The maximum atomic E-state index is 13.4. The maximum Gasteiger partial charge on any atom is 0.133 e. The molecular weight excluding hydrogens is 395 g/mol. The van der Waals surface area contributed by atoms with Crippen molar-refractivity contribution in [3.05, 3.63) is 77.6 Å². The van der Waals surface area contributed by atoms with Gasteiger partial charge < -0.3 is 19.3 Å². The lowest BCUT2D eigenvalue weighted by Crippen LogP contribution is -2.01. The van der Waals surface area contributed by atoms with E-state index in [1.165, 1.54) is 17.7 Å². The summed E-state index contributed by atoms with van der Waals surface area (Å²) in [4.78, 5) is 0. The molecule has 0 amide bonds. The van der Waals surface area contributed by atoms with Crippen LogP contribution in [0, 0.1) is 5.82 Å². The number of halogens is 1. The van der Waals surface area contributed by atoms with E-state index >= 15 is 0 Å². The van der Waals surface area contributed by atoms with Crippen LogP contribution in [0.1, 0.15) is 19.4 Å². The third-order valence-electron chi connectivity index (χ3n) is 4.96. The molecule has 4 nitrogen and oxygen atoms in total. The molecule has 0 heterocycles. The first kappa shape index (κ1) is 22.4. The first-order valence-electron chi connectivity index (χ1n) is 9.99. The van der Waals surface area contributed by atoms with Crippen molar-refractivity contribution in [1.82, 2.24) is 0 Å². The predicted molar refractivity (Wildman–Crippen MR) is 121 cm³/mol. The number of benzene rings is 3. The molecule has 0 unspecified atom stereocenters. The molecule has 0 saturated carbocycles. The summed E-state index contributed by atoms with van der Waals surface area (Å²) in [6.45, 7) is 4.31. The molecule has 31 heavy (non-hydrogen) atoms. The van der Waals surface area contributed by atoms with Crippen LogP contribution >= 0.6 is 0 Å². The number of hydrogen-bond acceptors (Lipinski definition) is 4. The molecule has 0 aliphatic carbocycles. The van der Waals surface area contributed by atoms with Crippen LogP contribution in [0.5, 0.6) is 17.2 Å². The third-order valence-corrected chi connectivity index (χ3v) is 4.96. The third kappa shape index (κ3) is 5.06. The smallest absolute Gasteiger partial charge is 0.133 e. The van der Waals surface area contributed by atoms with Crippen LogP contribution in [0.3, 0.4) is 0 Å². The van der Waals surface area contributed by atoms with Gasteiger partial charge in [0.2, 0.25) is 0 Å². The minimum atomic E-state index is -0.319. The fraction of sp³-hybridized carbons (Fsp3) is 0.231. The Labute approximate surface area is 182 Å². The van der Waals surface area contributed by atoms with Crippen LogP contribution in [0.25, 0.3) is 22.3 Å². The van der Waals surface area contributed by atoms with Crippen LogP contribution < -0.4 is 14.2 Å². The maximum absolute atomic E-state index is 13.4. The van der Waals surface area contributed by atoms with Gasteiger partial charge in [0.25, 0.3) is 0 Å². The molecule has 0 spiro atoms. The Morgan fingerprint density at radius 1 is 0.935 bits per heavy atom. The number of methoxy groups -OCH3 is 2. The van der Waals surface area contributed by atoms with Crippen LogP contribution in [-0.4, -0.2) is 25.9 Å². The lowest BCUT2D eigenvalue weighted by molar-refractivity contribution is 0.273. The van der Waals surface area contributed by atoms with Crippen molar-refractivity contribution in [2.45, 2.75) is 20.5 Å². The lowest BCUT2D eigenvalue weighted by atomic mass is 9.92. The average molecular weight is 422 g/mol.